The Bertz CT molecular complexity index is 845. The summed E-state index contributed by atoms with van der Waals surface area (Å²) in [5.41, 5.74) is 2.03. The van der Waals surface area contributed by atoms with Crippen LogP contribution in [0.5, 0.6) is 0 Å². The van der Waals surface area contributed by atoms with Gasteiger partial charge in [-0.15, -0.1) is 0 Å². The Labute approximate surface area is 136 Å². The van der Waals surface area contributed by atoms with Crippen LogP contribution in [0, 0.1) is 12.7 Å². The van der Waals surface area contributed by atoms with Crippen molar-refractivity contribution in [3.8, 4) is 0 Å². The molecular weight excluding hydrogens is 325 g/mol. The standard InChI is InChI=1S/C15H11ClFN3OS/c1-8-3-2-4-11(16)13(8)18-15(22)19-14-10-6-5-9(17)7-12(10)21-20-14/h2-7H,1H3,(H2,18,19,20,22). The molecule has 22 heavy (non-hydrogen) atoms. The average molecular weight is 336 g/mol. The van der Waals surface area contributed by atoms with Crippen LogP contribution in [0.15, 0.2) is 40.9 Å². The maximum atomic E-state index is 13.1. The molecule has 0 atom stereocenters. The molecule has 1 heterocycles. The Morgan fingerprint density at radius 3 is 2.86 bits per heavy atom. The smallest absolute Gasteiger partial charge is 0.183 e. The van der Waals surface area contributed by atoms with E-state index < -0.39 is 0 Å². The first kappa shape index (κ1) is 14.7. The van der Waals surface area contributed by atoms with E-state index in [1.54, 1.807) is 12.1 Å². The number of nitrogens with one attached hydrogen (secondary N) is 2. The summed E-state index contributed by atoms with van der Waals surface area (Å²) in [7, 11) is 0. The van der Waals surface area contributed by atoms with Crippen molar-refractivity contribution in [2.75, 3.05) is 10.6 Å². The second kappa shape index (κ2) is 5.90. The van der Waals surface area contributed by atoms with Gasteiger partial charge in [-0.2, -0.15) is 0 Å². The molecule has 0 aliphatic rings. The highest BCUT2D eigenvalue weighted by molar-refractivity contribution is 7.80. The quantitative estimate of drug-likeness (QED) is 0.663. The predicted molar refractivity (Wildman–Crippen MR) is 90.0 cm³/mol. The summed E-state index contributed by atoms with van der Waals surface area (Å²) in [6.07, 6.45) is 0. The minimum atomic E-state index is -0.386. The Morgan fingerprint density at radius 2 is 2.09 bits per heavy atom. The molecule has 0 spiro atoms. The van der Waals surface area contributed by atoms with Crippen LogP contribution in [0.4, 0.5) is 15.9 Å². The lowest BCUT2D eigenvalue weighted by Gasteiger charge is -2.12. The summed E-state index contributed by atoms with van der Waals surface area (Å²) in [6, 6.07) is 9.73. The van der Waals surface area contributed by atoms with E-state index in [-0.39, 0.29) is 5.82 Å². The van der Waals surface area contributed by atoms with Gasteiger partial charge in [0.15, 0.2) is 16.5 Å². The van der Waals surface area contributed by atoms with Gasteiger partial charge in [0.2, 0.25) is 0 Å². The summed E-state index contributed by atoms with van der Waals surface area (Å²) in [6.45, 7) is 1.92. The number of anilines is 2. The van der Waals surface area contributed by atoms with Gasteiger partial charge in [-0.3, -0.25) is 0 Å². The highest BCUT2D eigenvalue weighted by atomic mass is 35.5. The number of nitrogens with zero attached hydrogens (tertiary/aromatic N) is 1. The molecule has 0 bridgehead atoms. The van der Waals surface area contributed by atoms with Crippen LogP contribution in [0.2, 0.25) is 5.02 Å². The number of rotatable bonds is 2. The Hall–Kier alpha value is -2.18. The van der Waals surface area contributed by atoms with Crippen molar-refractivity contribution < 1.29 is 8.91 Å². The van der Waals surface area contributed by atoms with Gasteiger partial charge < -0.3 is 15.2 Å². The normalized spacial score (nSPS) is 10.7. The van der Waals surface area contributed by atoms with Crippen molar-refractivity contribution in [3.05, 3.63) is 52.8 Å². The molecule has 2 N–H and O–H groups in total. The van der Waals surface area contributed by atoms with Crippen LogP contribution in [0.25, 0.3) is 11.0 Å². The van der Waals surface area contributed by atoms with Crippen molar-refractivity contribution in [1.82, 2.24) is 5.16 Å². The molecule has 7 heteroatoms. The van der Waals surface area contributed by atoms with Gasteiger partial charge in [0.25, 0.3) is 0 Å². The number of hydrogen-bond acceptors (Lipinski definition) is 3. The molecule has 0 saturated heterocycles. The first-order chi connectivity index (χ1) is 10.5. The Kier molecular flexibility index (Phi) is 3.96. The fourth-order valence-electron chi connectivity index (χ4n) is 2.04. The number of aromatic nitrogens is 1. The molecule has 112 valence electrons. The zero-order valence-corrected chi connectivity index (χ0v) is 13.1. The summed E-state index contributed by atoms with van der Waals surface area (Å²) in [4.78, 5) is 0. The number of benzene rings is 2. The minimum absolute atomic E-state index is 0.315. The molecule has 3 rings (SSSR count). The zero-order chi connectivity index (χ0) is 15.7. The number of para-hydroxylation sites is 1. The lowest BCUT2D eigenvalue weighted by molar-refractivity contribution is 0.458. The molecule has 2 aromatic carbocycles. The first-order valence-corrected chi connectivity index (χ1v) is 7.21. The van der Waals surface area contributed by atoms with Crippen LogP contribution in [0.3, 0.4) is 0 Å². The van der Waals surface area contributed by atoms with Crippen LogP contribution in [0.1, 0.15) is 5.56 Å². The molecule has 3 aromatic rings. The molecule has 0 aliphatic heterocycles. The second-order valence-electron chi connectivity index (χ2n) is 4.68. The Morgan fingerprint density at radius 1 is 1.27 bits per heavy atom. The number of thiocarbonyl (C=S) groups is 1. The van der Waals surface area contributed by atoms with E-state index in [0.717, 1.165) is 11.3 Å². The van der Waals surface area contributed by atoms with Crippen molar-refractivity contribution in [1.29, 1.82) is 0 Å². The molecule has 0 saturated carbocycles. The van der Waals surface area contributed by atoms with Crippen molar-refractivity contribution >= 4 is 51.4 Å². The van der Waals surface area contributed by atoms with Gasteiger partial charge in [0.05, 0.1) is 16.1 Å². The minimum Gasteiger partial charge on any atom is -0.354 e. The molecule has 0 radical (unpaired) electrons. The number of aryl methyl sites for hydroxylation is 1. The maximum absolute atomic E-state index is 13.1. The number of halogens is 2. The number of fused-ring (bicyclic) bond motifs is 1. The Balaban J connectivity index is 1.82. The summed E-state index contributed by atoms with van der Waals surface area (Å²) in [5.74, 6) is 0.0276. The third-order valence-corrected chi connectivity index (χ3v) is 3.65. The highest BCUT2D eigenvalue weighted by Crippen LogP contribution is 2.26. The van der Waals surface area contributed by atoms with Crippen molar-refractivity contribution in [2.24, 2.45) is 0 Å². The van der Waals surface area contributed by atoms with Gasteiger partial charge in [-0.05, 0) is 42.9 Å². The van der Waals surface area contributed by atoms with Crippen molar-refractivity contribution in [2.45, 2.75) is 6.92 Å². The maximum Gasteiger partial charge on any atom is 0.183 e. The molecule has 0 amide bonds. The fraction of sp³-hybridized carbons (Fsp3) is 0.0667. The van der Waals surface area contributed by atoms with Gasteiger partial charge in [0, 0.05) is 6.07 Å². The number of hydrogen-bond donors (Lipinski definition) is 2. The molecular formula is C15H11ClFN3OS. The first-order valence-electron chi connectivity index (χ1n) is 6.42. The summed E-state index contributed by atoms with van der Waals surface area (Å²) in [5, 5.41) is 11.3. The van der Waals surface area contributed by atoms with Gasteiger partial charge in [0.1, 0.15) is 5.82 Å². The van der Waals surface area contributed by atoms with Gasteiger partial charge >= 0.3 is 0 Å². The predicted octanol–water partition coefficient (Wildman–Crippen LogP) is 4.74. The van der Waals surface area contributed by atoms with Crippen molar-refractivity contribution in [3.63, 3.8) is 0 Å². The van der Waals surface area contributed by atoms with Crippen LogP contribution >= 0.6 is 23.8 Å². The molecule has 4 nitrogen and oxygen atoms in total. The lowest BCUT2D eigenvalue weighted by Crippen LogP contribution is -2.20. The van der Waals surface area contributed by atoms with E-state index in [1.165, 1.54) is 12.1 Å². The highest BCUT2D eigenvalue weighted by Gasteiger charge is 2.11. The van der Waals surface area contributed by atoms with Crippen LogP contribution in [-0.4, -0.2) is 10.3 Å². The monoisotopic (exact) mass is 335 g/mol. The summed E-state index contributed by atoms with van der Waals surface area (Å²) >= 11 is 11.4. The van der Waals surface area contributed by atoms with E-state index in [1.807, 2.05) is 19.1 Å². The fourth-order valence-corrected chi connectivity index (χ4v) is 2.51. The molecule has 1 aromatic heterocycles. The topological polar surface area (TPSA) is 50.1 Å². The van der Waals surface area contributed by atoms with E-state index in [4.69, 9.17) is 28.3 Å². The summed E-state index contributed by atoms with van der Waals surface area (Å²) < 4.78 is 18.2. The zero-order valence-electron chi connectivity index (χ0n) is 11.5. The van der Waals surface area contributed by atoms with E-state index in [2.05, 4.69) is 15.8 Å². The van der Waals surface area contributed by atoms with Crippen LogP contribution < -0.4 is 10.6 Å². The van der Waals surface area contributed by atoms with Gasteiger partial charge in [-0.25, -0.2) is 4.39 Å². The van der Waals surface area contributed by atoms with E-state index >= 15 is 0 Å². The van der Waals surface area contributed by atoms with Gasteiger partial charge in [-0.1, -0.05) is 28.9 Å². The van der Waals surface area contributed by atoms with E-state index in [0.29, 0.717) is 26.9 Å². The SMILES string of the molecule is Cc1cccc(Cl)c1NC(=S)Nc1noc2cc(F)ccc12. The lowest BCUT2D eigenvalue weighted by atomic mass is 10.2. The molecule has 0 fully saturated rings. The second-order valence-corrected chi connectivity index (χ2v) is 5.50. The largest absolute Gasteiger partial charge is 0.354 e. The van der Waals surface area contributed by atoms with Crippen LogP contribution in [-0.2, 0) is 0 Å². The third-order valence-electron chi connectivity index (χ3n) is 3.13. The van der Waals surface area contributed by atoms with E-state index in [9.17, 15) is 4.39 Å². The molecule has 0 unspecified atom stereocenters. The third kappa shape index (κ3) is 2.88. The average Bonchev–Trinajstić information content (AvgIpc) is 2.85. The molecule has 0 aliphatic carbocycles.